The molecule has 1 aliphatic rings. The topological polar surface area (TPSA) is 72.4 Å². The molecule has 20 heavy (non-hydrogen) atoms. The monoisotopic (exact) mass is 291 g/mol. The summed E-state index contributed by atoms with van der Waals surface area (Å²) in [6.45, 7) is 4.23. The molecule has 2 heterocycles. The van der Waals surface area contributed by atoms with Gasteiger partial charge in [-0.15, -0.1) is 0 Å². The SMILES string of the molecule is Cc1ccc(CN(C(=O)c2sc(N)nc2C)C2CC2)o1. The summed E-state index contributed by atoms with van der Waals surface area (Å²) in [5.41, 5.74) is 6.39. The number of nitrogen functional groups attached to an aromatic ring is 1. The van der Waals surface area contributed by atoms with Crippen LogP contribution in [0.5, 0.6) is 0 Å². The Kier molecular flexibility index (Phi) is 3.25. The minimum absolute atomic E-state index is 0.00764. The molecule has 0 atom stereocenters. The molecule has 0 spiro atoms. The van der Waals surface area contributed by atoms with Crippen LogP contribution >= 0.6 is 11.3 Å². The number of hydrogen-bond donors (Lipinski definition) is 1. The van der Waals surface area contributed by atoms with Gasteiger partial charge in [-0.05, 0) is 38.8 Å². The van der Waals surface area contributed by atoms with E-state index in [-0.39, 0.29) is 5.91 Å². The Morgan fingerprint density at radius 3 is 2.75 bits per heavy atom. The van der Waals surface area contributed by atoms with E-state index in [4.69, 9.17) is 10.2 Å². The molecule has 6 heteroatoms. The third-order valence-corrected chi connectivity index (χ3v) is 4.35. The number of carbonyl (C=O) groups excluding carboxylic acids is 1. The lowest BCUT2D eigenvalue weighted by Gasteiger charge is -2.20. The van der Waals surface area contributed by atoms with Crippen LogP contribution in [0.4, 0.5) is 5.13 Å². The van der Waals surface area contributed by atoms with Crippen LogP contribution in [-0.2, 0) is 6.54 Å². The van der Waals surface area contributed by atoms with E-state index < -0.39 is 0 Å². The predicted octanol–water partition coefficient (Wildman–Crippen LogP) is 2.74. The van der Waals surface area contributed by atoms with Crippen molar-refractivity contribution >= 4 is 22.4 Å². The molecule has 2 N–H and O–H groups in total. The number of amides is 1. The number of hydrogen-bond acceptors (Lipinski definition) is 5. The summed E-state index contributed by atoms with van der Waals surface area (Å²) in [6.07, 6.45) is 2.11. The van der Waals surface area contributed by atoms with E-state index in [0.29, 0.717) is 28.3 Å². The summed E-state index contributed by atoms with van der Waals surface area (Å²) in [6, 6.07) is 4.16. The minimum Gasteiger partial charge on any atom is -0.464 e. The lowest BCUT2D eigenvalue weighted by Crippen LogP contribution is -2.32. The molecule has 3 rings (SSSR count). The van der Waals surface area contributed by atoms with Crippen molar-refractivity contribution in [3.63, 3.8) is 0 Å². The van der Waals surface area contributed by atoms with E-state index in [1.54, 1.807) is 0 Å². The van der Waals surface area contributed by atoms with Crippen molar-refractivity contribution < 1.29 is 9.21 Å². The summed E-state index contributed by atoms with van der Waals surface area (Å²) < 4.78 is 5.58. The van der Waals surface area contributed by atoms with E-state index in [1.165, 1.54) is 11.3 Å². The normalized spacial score (nSPS) is 14.5. The number of aromatic nitrogens is 1. The summed E-state index contributed by atoms with van der Waals surface area (Å²) in [5.74, 6) is 1.69. The first kappa shape index (κ1) is 13.2. The highest BCUT2D eigenvalue weighted by Gasteiger charge is 2.35. The van der Waals surface area contributed by atoms with Crippen molar-refractivity contribution in [2.45, 2.75) is 39.3 Å². The molecule has 1 amide bonds. The van der Waals surface area contributed by atoms with Crippen LogP contribution in [0.3, 0.4) is 0 Å². The molecule has 0 bridgehead atoms. The predicted molar refractivity (Wildman–Crippen MR) is 77.6 cm³/mol. The third-order valence-electron chi connectivity index (χ3n) is 3.38. The zero-order valence-electron chi connectivity index (χ0n) is 11.5. The molecular formula is C14H17N3O2S. The van der Waals surface area contributed by atoms with Crippen LogP contribution < -0.4 is 5.73 Å². The third kappa shape index (κ3) is 2.56. The Hall–Kier alpha value is -1.82. The van der Waals surface area contributed by atoms with Gasteiger partial charge < -0.3 is 15.1 Å². The molecule has 0 radical (unpaired) electrons. The lowest BCUT2D eigenvalue weighted by atomic mass is 10.3. The Balaban J connectivity index is 1.83. The van der Waals surface area contributed by atoms with Crippen LogP contribution in [0.15, 0.2) is 16.5 Å². The highest BCUT2D eigenvalue weighted by molar-refractivity contribution is 7.17. The maximum Gasteiger partial charge on any atom is 0.266 e. The molecule has 0 aromatic carbocycles. The molecule has 2 aromatic heterocycles. The highest BCUT2D eigenvalue weighted by atomic mass is 32.1. The van der Waals surface area contributed by atoms with Crippen molar-refractivity contribution in [2.24, 2.45) is 0 Å². The summed E-state index contributed by atoms with van der Waals surface area (Å²) in [5, 5.41) is 0.440. The molecule has 0 saturated heterocycles. The number of furan rings is 1. The first-order valence-corrected chi connectivity index (χ1v) is 7.45. The number of carbonyl (C=O) groups is 1. The van der Waals surface area contributed by atoms with Gasteiger partial charge in [-0.1, -0.05) is 11.3 Å². The van der Waals surface area contributed by atoms with Crippen molar-refractivity contribution in [3.8, 4) is 0 Å². The van der Waals surface area contributed by atoms with Gasteiger partial charge in [0.1, 0.15) is 16.4 Å². The van der Waals surface area contributed by atoms with Gasteiger partial charge in [0, 0.05) is 6.04 Å². The molecule has 0 unspecified atom stereocenters. The van der Waals surface area contributed by atoms with Gasteiger partial charge >= 0.3 is 0 Å². The van der Waals surface area contributed by atoms with E-state index >= 15 is 0 Å². The smallest absolute Gasteiger partial charge is 0.266 e. The first-order valence-electron chi connectivity index (χ1n) is 6.64. The number of nitrogens with zero attached hydrogens (tertiary/aromatic N) is 2. The van der Waals surface area contributed by atoms with Crippen molar-refractivity contribution in [2.75, 3.05) is 5.73 Å². The van der Waals surface area contributed by atoms with Gasteiger partial charge in [-0.2, -0.15) is 0 Å². The minimum atomic E-state index is 0.00764. The molecule has 1 saturated carbocycles. The number of aryl methyl sites for hydroxylation is 2. The second-order valence-electron chi connectivity index (χ2n) is 5.14. The zero-order chi connectivity index (χ0) is 14.3. The first-order chi connectivity index (χ1) is 9.54. The van der Waals surface area contributed by atoms with Crippen molar-refractivity contribution in [1.29, 1.82) is 0 Å². The standard InChI is InChI=1S/C14H17N3O2S/c1-8-3-6-11(19-8)7-17(10-4-5-10)13(18)12-9(2)16-14(15)20-12/h3,6,10H,4-5,7H2,1-2H3,(H2,15,16). The lowest BCUT2D eigenvalue weighted by molar-refractivity contribution is 0.0721. The van der Waals surface area contributed by atoms with Crippen LogP contribution in [0.2, 0.25) is 0 Å². The number of thiazole rings is 1. The van der Waals surface area contributed by atoms with Crippen LogP contribution in [0, 0.1) is 13.8 Å². The Morgan fingerprint density at radius 1 is 1.50 bits per heavy atom. The second kappa shape index (κ2) is 4.94. The van der Waals surface area contributed by atoms with Crippen LogP contribution in [0.1, 0.15) is 39.7 Å². The fourth-order valence-corrected chi connectivity index (χ4v) is 3.03. The largest absolute Gasteiger partial charge is 0.464 e. The maximum atomic E-state index is 12.7. The molecule has 5 nitrogen and oxygen atoms in total. The summed E-state index contributed by atoms with van der Waals surface area (Å²) >= 11 is 1.26. The molecule has 0 aliphatic heterocycles. The number of nitrogens with two attached hydrogens (primary N) is 1. The zero-order valence-corrected chi connectivity index (χ0v) is 12.4. The quantitative estimate of drug-likeness (QED) is 0.940. The van der Waals surface area contributed by atoms with Gasteiger partial charge in [0.2, 0.25) is 0 Å². The molecular weight excluding hydrogens is 274 g/mol. The van der Waals surface area contributed by atoms with Crippen LogP contribution in [0.25, 0.3) is 0 Å². The Bertz CT molecular complexity index is 643. The fraction of sp³-hybridized carbons (Fsp3) is 0.429. The van der Waals surface area contributed by atoms with Crippen molar-refractivity contribution in [1.82, 2.24) is 9.88 Å². The average Bonchev–Trinajstić information content (AvgIpc) is 3.07. The van der Waals surface area contributed by atoms with E-state index in [0.717, 1.165) is 24.4 Å². The van der Waals surface area contributed by atoms with Gasteiger partial charge in [0.15, 0.2) is 5.13 Å². The maximum absolute atomic E-state index is 12.7. The Labute approximate surface area is 121 Å². The van der Waals surface area contributed by atoms with E-state index in [1.807, 2.05) is 30.9 Å². The highest BCUT2D eigenvalue weighted by Crippen LogP contribution is 2.32. The fourth-order valence-electron chi connectivity index (χ4n) is 2.24. The number of rotatable bonds is 4. The number of anilines is 1. The Morgan fingerprint density at radius 2 is 2.25 bits per heavy atom. The molecule has 1 aliphatic carbocycles. The van der Waals surface area contributed by atoms with Gasteiger partial charge in [-0.3, -0.25) is 4.79 Å². The van der Waals surface area contributed by atoms with Gasteiger partial charge in [0.05, 0.1) is 12.2 Å². The van der Waals surface area contributed by atoms with Crippen LogP contribution in [-0.4, -0.2) is 21.8 Å². The van der Waals surface area contributed by atoms with E-state index in [2.05, 4.69) is 4.98 Å². The van der Waals surface area contributed by atoms with Crippen molar-refractivity contribution in [3.05, 3.63) is 34.2 Å². The van der Waals surface area contributed by atoms with Gasteiger partial charge in [-0.25, -0.2) is 4.98 Å². The molecule has 106 valence electrons. The van der Waals surface area contributed by atoms with E-state index in [9.17, 15) is 4.79 Å². The molecule has 2 aromatic rings. The summed E-state index contributed by atoms with van der Waals surface area (Å²) in [7, 11) is 0. The van der Waals surface area contributed by atoms with Gasteiger partial charge in [0.25, 0.3) is 5.91 Å². The summed E-state index contributed by atoms with van der Waals surface area (Å²) in [4.78, 5) is 19.3. The average molecular weight is 291 g/mol. The molecule has 1 fully saturated rings. The second-order valence-corrected chi connectivity index (χ2v) is 6.17.